The minimum Gasteiger partial charge on any atom is -0.497 e. The van der Waals surface area contributed by atoms with Gasteiger partial charge in [-0.25, -0.2) is 8.42 Å². The molecule has 0 spiro atoms. The van der Waals surface area contributed by atoms with Gasteiger partial charge in [0.25, 0.3) is 10.0 Å². The van der Waals surface area contributed by atoms with Crippen LogP contribution in [0.2, 0.25) is 0 Å². The summed E-state index contributed by atoms with van der Waals surface area (Å²) in [6, 6.07) is 18.7. The molecule has 0 aliphatic carbocycles. The number of nitrogens with one attached hydrogen (secondary N) is 1. The number of ether oxygens (including phenoxy) is 3. The lowest BCUT2D eigenvalue weighted by Gasteiger charge is -2.32. The Bertz CT molecular complexity index is 1410. The molecule has 3 aromatic carbocycles. The van der Waals surface area contributed by atoms with Crippen LogP contribution in [0.25, 0.3) is 0 Å². The Hall–Kier alpha value is -4.25. The van der Waals surface area contributed by atoms with Crippen LogP contribution in [0.5, 0.6) is 17.2 Å². The highest BCUT2D eigenvalue weighted by atomic mass is 32.2. The summed E-state index contributed by atoms with van der Waals surface area (Å²) in [6.45, 7) is 3.51. The number of anilines is 1. The van der Waals surface area contributed by atoms with E-state index in [1.165, 1.54) is 43.4 Å². The molecule has 0 aliphatic rings. The quantitative estimate of drug-likeness (QED) is 0.307. The van der Waals surface area contributed by atoms with Crippen molar-refractivity contribution in [3.63, 3.8) is 0 Å². The molecule has 3 rings (SSSR count). The molecule has 3 aromatic rings. The summed E-state index contributed by atoms with van der Waals surface area (Å²) in [5.41, 5.74) is 0.933. The van der Waals surface area contributed by atoms with Crippen molar-refractivity contribution < 1.29 is 32.2 Å². The summed E-state index contributed by atoms with van der Waals surface area (Å²) in [6.07, 6.45) is 0.729. The highest BCUT2D eigenvalue weighted by molar-refractivity contribution is 7.92. The first-order valence-corrected chi connectivity index (χ1v) is 14.6. The number of hydrogen-bond acceptors (Lipinski definition) is 7. The third kappa shape index (κ3) is 7.69. The number of sulfonamides is 1. The number of nitrogens with zero attached hydrogens (tertiary/aromatic N) is 2. The Morgan fingerprint density at radius 3 is 2.00 bits per heavy atom. The fourth-order valence-corrected chi connectivity index (χ4v) is 5.55. The largest absolute Gasteiger partial charge is 0.497 e. The lowest BCUT2D eigenvalue weighted by atomic mass is 10.1. The molecule has 10 nitrogen and oxygen atoms in total. The van der Waals surface area contributed by atoms with Crippen LogP contribution in [0.1, 0.15) is 25.8 Å². The van der Waals surface area contributed by atoms with E-state index < -0.39 is 28.5 Å². The summed E-state index contributed by atoms with van der Waals surface area (Å²) in [4.78, 5) is 28.3. The maximum absolute atomic E-state index is 14.0. The summed E-state index contributed by atoms with van der Waals surface area (Å²) in [7, 11) is 0.217. The van der Waals surface area contributed by atoms with Crippen molar-refractivity contribution in [2.45, 2.75) is 37.8 Å². The van der Waals surface area contributed by atoms with E-state index in [2.05, 4.69) is 5.32 Å². The van der Waals surface area contributed by atoms with Crippen LogP contribution in [0.4, 0.5) is 5.69 Å². The third-order valence-corrected chi connectivity index (χ3v) is 8.28. The Labute approximate surface area is 241 Å². The van der Waals surface area contributed by atoms with Crippen molar-refractivity contribution in [2.24, 2.45) is 0 Å². The van der Waals surface area contributed by atoms with Gasteiger partial charge in [-0.05, 0) is 67.4 Å². The molecule has 2 amide bonds. The summed E-state index contributed by atoms with van der Waals surface area (Å²) in [5.74, 6) is 0.501. The van der Waals surface area contributed by atoms with Crippen LogP contribution >= 0.6 is 0 Å². The van der Waals surface area contributed by atoms with Crippen molar-refractivity contribution in [1.82, 2.24) is 10.2 Å². The van der Waals surface area contributed by atoms with E-state index in [1.54, 1.807) is 62.6 Å². The van der Waals surface area contributed by atoms with Crippen LogP contribution in [-0.4, -0.2) is 65.6 Å². The first-order chi connectivity index (χ1) is 19.7. The molecule has 1 atom stereocenters. The zero-order valence-electron chi connectivity index (χ0n) is 24.0. The van der Waals surface area contributed by atoms with Crippen molar-refractivity contribution in [1.29, 1.82) is 0 Å². The summed E-state index contributed by atoms with van der Waals surface area (Å²) >= 11 is 0. The van der Waals surface area contributed by atoms with Crippen molar-refractivity contribution >= 4 is 27.5 Å². The molecule has 0 unspecified atom stereocenters. The van der Waals surface area contributed by atoms with Crippen LogP contribution in [0.3, 0.4) is 0 Å². The number of carbonyl (C=O) groups is 2. The number of para-hydroxylation sites is 2. The van der Waals surface area contributed by atoms with Crippen molar-refractivity contribution in [3.8, 4) is 17.2 Å². The zero-order chi connectivity index (χ0) is 30.0. The molecule has 1 N–H and O–H groups in total. The van der Waals surface area contributed by atoms with Crippen LogP contribution in [0.15, 0.2) is 77.7 Å². The van der Waals surface area contributed by atoms with E-state index in [9.17, 15) is 18.0 Å². The number of rotatable bonds is 14. The monoisotopic (exact) mass is 583 g/mol. The van der Waals surface area contributed by atoms with Crippen LogP contribution < -0.4 is 23.8 Å². The Morgan fingerprint density at radius 1 is 0.854 bits per heavy atom. The van der Waals surface area contributed by atoms with E-state index in [0.29, 0.717) is 18.0 Å². The second-order valence-corrected chi connectivity index (χ2v) is 11.1. The van der Waals surface area contributed by atoms with Gasteiger partial charge in [0, 0.05) is 13.1 Å². The normalized spacial score (nSPS) is 11.7. The number of methoxy groups -OCH3 is 3. The van der Waals surface area contributed by atoms with E-state index in [0.717, 1.165) is 16.3 Å². The Balaban J connectivity index is 2.05. The van der Waals surface area contributed by atoms with Gasteiger partial charge in [-0.1, -0.05) is 31.2 Å². The van der Waals surface area contributed by atoms with Crippen molar-refractivity contribution in [3.05, 3.63) is 78.4 Å². The van der Waals surface area contributed by atoms with Gasteiger partial charge in [0.05, 0.1) is 31.9 Å². The Morgan fingerprint density at radius 2 is 1.44 bits per heavy atom. The van der Waals surface area contributed by atoms with Crippen LogP contribution in [-0.2, 0) is 26.2 Å². The minimum atomic E-state index is -4.25. The lowest BCUT2D eigenvalue weighted by Crippen LogP contribution is -2.51. The molecular formula is C30H37N3O7S. The fraction of sp³-hybridized carbons (Fsp3) is 0.333. The molecule has 11 heteroatoms. The first kappa shape index (κ1) is 31.3. The van der Waals surface area contributed by atoms with Gasteiger partial charge < -0.3 is 24.4 Å². The topological polar surface area (TPSA) is 114 Å². The molecule has 0 radical (unpaired) electrons. The molecule has 0 saturated heterocycles. The van der Waals surface area contributed by atoms with Gasteiger partial charge in [0.2, 0.25) is 11.8 Å². The summed E-state index contributed by atoms with van der Waals surface area (Å²) < 4.78 is 44.9. The summed E-state index contributed by atoms with van der Waals surface area (Å²) in [5, 5.41) is 2.83. The van der Waals surface area contributed by atoms with Gasteiger partial charge in [-0.3, -0.25) is 13.9 Å². The Kier molecular flexibility index (Phi) is 11.0. The smallest absolute Gasteiger partial charge is 0.264 e. The molecular weight excluding hydrogens is 546 g/mol. The van der Waals surface area contributed by atoms with Crippen LogP contribution in [0, 0.1) is 0 Å². The first-order valence-electron chi connectivity index (χ1n) is 13.2. The van der Waals surface area contributed by atoms with Gasteiger partial charge in [0.15, 0.2) is 0 Å². The zero-order valence-corrected chi connectivity index (χ0v) is 24.8. The predicted molar refractivity (Wildman–Crippen MR) is 157 cm³/mol. The average Bonchev–Trinajstić information content (AvgIpc) is 3.00. The highest BCUT2D eigenvalue weighted by Crippen LogP contribution is 2.33. The predicted octanol–water partition coefficient (Wildman–Crippen LogP) is 3.85. The molecule has 41 heavy (non-hydrogen) atoms. The molecule has 0 fully saturated rings. The fourth-order valence-electron chi connectivity index (χ4n) is 4.13. The van der Waals surface area contributed by atoms with E-state index >= 15 is 0 Å². The third-order valence-electron chi connectivity index (χ3n) is 6.51. The maximum Gasteiger partial charge on any atom is 0.264 e. The standard InChI is InChI=1S/C30H37N3O7S/c1-6-19-31-30(35)22(2)32(20-23-11-13-24(38-3)14-12-23)29(34)21-33(27-9-7-8-10-28(27)40-5)41(36,37)26-17-15-25(39-4)16-18-26/h7-18,22H,6,19-21H2,1-5H3,(H,31,35)/t22-/m0/s1. The van der Waals surface area contributed by atoms with E-state index in [1.807, 2.05) is 6.92 Å². The molecule has 0 aliphatic heterocycles. The van der Waals surface area contributed by atoms with Gasteiger partial charge in [-0.2, -0.15) is 0 Å². The van der Waals surface area contributed by atoms with Gasteiger partial charge >= 0.3 is 0 Å². The van der Waals surface area contributed by atoms with Gasteiger partial charge in [-0.15, -0.1) is 0 Å². The van der Waals surface area contributed by atoms with Crippen molar-refractivity contribution in [2.75, 3.05) is 38.7 Å². The minimum absolute atomic E-state index is 0.0348. The number of carbonyl (C=O) groups excluding carboxylic acids is 2. The molecule has 0 saturated carbocycles. The molecule has 0 bridgehead atoms. The highest BCUT2D eigenvalue weighted by Gasteiger charge is 2.33. The molecule has 220 valence electrons. The number of hydrogen-bond donors (Lipinski definition) is 1. The molecule has 0 heterocycles. The maximum atomic E-state index is 14.0. The second kappa shape index (κ2) is 14.4. The average molecular weight is 584 g/mol. The SMILES string of the molecule is CCCNC(=O)[C@H](C)N(Cc1ccc(OC)cc1)C(=O)CN(c1ccccc1OC)S(=O)(=O)c1ccc(OC)cc1. The molecule has 0 aromatic heterocycles. The second-order valence-electron chi connectivity index (χ2n) is 9.20. The van der Waals surface area contributed by atoms with E-state index in [4.69, 9.17) is 14.2 Å². The lowest BCUT2D eigenvalue weighted by molar-refractivity contribution is -0.139. The van der Waals surface area contributed by atoms with E-state index in [-0.39, 0.29) is 28.8 Å². The van der Waals surface area contributed by atoms with Gasteiger partial charge in [0.1, 0.15) is 29.8 Å². The number of amides is 2. The number of benzene rings is 3.